The lowest BCUT2D eigenvalue weighted by Gasteiger charge is -2.37. The average Bonchev–Trinajstić information content (AvgIpc) is 3.24. The number of benzene rings is 2. The van der Waals surface area contributed by atoms with E-state index >= 15 is 0 Å². The molecule has 1 heterocycles. The Morgan fingerprint density at radius 3 is 2.46 bits per heavy atom. The highest BCUT2D eigenvalue weighted by Crippen LogP contribution is 2.47. The van der Waals surface area contributed by atoms with Gasteiger partial charge in [0.1, 0.15) is 0 Å². The zero-order valence-corrected chi connectivity index (χ0v) is 19.9. The first-order valence-electron chi connectivity index (χ1n) is 12.1. The molecule has 0 bridgehead atoms. The summed E-state index contributed by atoms with van der Waals surface area (Å²) in [4.78, 5) is 27.4. The molecular weight excluding hydrogens is 454 g/mol. The summed E-state index contributed by atoms with van der Waals surface area (Å²) in [6.07, 6.45) is 0.613. The minimum atomic E-state index is -2.87. The average molecular weight is 487 g/mol. The predicted octanol–water partition coefficient (Wildman–Crippen LogP) is 3.88. The molecule has 2 aromatic carbocycles. The van der Waals surface area contributed by atoms with Crippen molar-refractivity contribution in [3.63, 3.8) is 0 Å². The number of carbonyl (C=O) groups excluding carboxylic acids is 2. The van der Waals surface area contributed by atoms with E-state index in [1.165, 1.54) is 7.11 Å². The highest BCUT2D eigenvalue weighted by atomic mass is 19.3. The Kier molecular flexibility index (Phi) is 7.52. The molecule has 1 saturated carbocycles. The Labute approximate surface area is 204 Å². The first-order valence-corrected chi connectivity index (χ1v) is 12.1. The summed E-state index contributed by atoms with van der Waals surface area (Å²) in [5, 5.41) is 14.5. The second kappa shape index (κ2) is 10.4. The standard InChI is InChI=1S/C27H32F2N2O4/c1-35-24(32)20-7-5-6-19(16-20)18-31-14-11-23(12-15-31)30-25(33)27(34,21-8-3-2-4-9-21)22-10-13-26(28,29)17-22/h2-9,16,22-23,34H,10-15,17-18H2,1H3,(H,30,33)/t22-,27+/m1/s1. The number of piperidine rings is 1. The van der Waals surface area contributed by atoms with Gasteiger partial charge in [0.2, 0.25) is 5.92 Å². The highest BCUT2D eigenvalue weighted by Gasteiger charge is 2.53. The number of methoxy groups -OCH3 is 1. The van der Waals surface area contributed by atoms with Gasteiger partial charge < -0.3 is 15.2 Å². The van der Waals surface area contributed by atoms with E-state index in [2.05, 4.69) is 10.2 Å². The molecule has 2 N–H and O–H groups in total. The lowest BCUT2D eigenvalue weighted by atomic mass is 9.79. The van der Waals surface area contributed by atoms with Crippen LogP contribution in [0.4, 0.5) is 8.78 Å². The van der Waals surface area contributed by atoms with Gasteiger partial charge in [0.05, 0.1) is 12.7 Å². The molecule has 1 saturated heterocycles. The highest BCUT2D eigenvalue weighted by molar-refractivity contribution is 5.89. The molecule has 8 heteroatoms. The molecular formula is C27H32F2N2O4. The molecule has 2 aromatic rings. The molecule has 188 valence electrons. The van der Waals surface area contributed by atoms with Gasteiger partial charge in [0.25, 0.3) is 5.91 Å². The van der Waals surface area contributed by atoms with Crippen LogP contribution in [0.15, 0.2) is 54.6 Å². The number of rotatable bonds is 7. The summed E-state index contributed by atoms with van der Waals surface area (Å²) >= 11 is 0. The Morgan fingerprint density at radius 1 is 1.11 bits per heavy atom. The smallest absolute Gasteiger partial charge is 0.337 e. The molecule has 35 heavy (non-hydrogen) atoms. The largest absolute Gasteiger partial charge is 0.465 e. The number of aliphatic hydroxyl groups is 1. The van der Waals surface area contributed by atoms with Crippen LogP contribution >= 0.6 is 0 Å². The molecule has 0 aromatic heterocycles. The predicted molar refractivity (Wildman–Crippen MR) is 127 cm³/mol. The van der Waals surface area contributed by atoms with Crippen molar-refractivity contribution < 1.29 is 28.2 Å². The van der Waals surface area contributed by atoms with Crippen molar-refractivity contribution in [3.05, 3.63) is 71.3 Å². The van der Waals surface area contributed by atoms with Gasteiger partial charge in [-0.25, -0.2) is 13.6 Å². The van der Waals surface area contributed by atoms with Crippen LogP contribution in [-0.2, 0) is 21.7 Å². The molecule has 0 unspecified atom stereocenters. The van der Waals surface area contributed by atoms with E-state index in [1.54, 1.807) is 36.4 Å². The van der Waals surface area contributed by atoms with Crippen LogP contribution in [0, 0.1) is 5.92 Å². The first kappa shape index (κ1) is 25.3. The van der Waals surface area contributed by atoms with Gasteiger partial charge in [-0.15, -0.1) is 0 Å². The maximum atomic E-state index is 14.0. The summed E-state index contributed by atoms with van der Waals surface area (Å²) < 4.78 is 32.8. The Balaban J connectivity index is 1.39. The second-order valence-corrected chi connectivity index (χ2v) is 9.64. The third kappa shape index (κ3) is 5.70. The Morgan fingerprint density at radius 2 is 1.83 bits per heavy atom. The number of hydrogen-bond acceptors (Lipinski definition) is 5. The molecule has 6 nitrogen and oxygen atoms in total. The summed E-state index contributed by atoms with van der Waals surface area (Å²) in [6, 6.07) is 15.6. The molecule has 0 radical (unpaired) electrons. The van der Waals surface area contributed by atoms with Crippen LogP contribution < -0.4 is 5.32 Å². The number of nitrogens with one attached hydrogen (secondary N) is 1. The van der Waals surface area contributed by atoms with E-state index in [4.69, 9.17) is 4.74 Å². The zero-order valence-electron chi connectivity index (χ0n) is 19.9. The quantitative estimate of drug-likeness (QED) is 0.581. The normalized spacial score (nSPS) is 22.3. The van der Waals surface area contributed by atoms with Crippen molar-refractivity contribution >= 4 is 11.9 Å². The number of ether oxygens (including phenoxy) is 1. The van der Waals surface area contributed by atoms with Crippen molar-refractivity contribution in [3.8, 4) is 0 Å². The minimum Gasteiger partial charge on any atom is -0.465 e. The number of likely N-dealkylation sites (tertiary alicyclic amines) is 1. The summed E-state index contributed by atoms with van der Waals surface area (Å²) in [6.45, 7) is 2.11. The van der Waals surface area contributed by atoms with Crippen LogP contribution in [0.25, 0.3) is 0 Å². The van der Waals surface area contributed by atoms with E-state index in [1.807, 2.05) is 18.2 Å². The van der Waals surface area contributed by atoms with Crippen molar-refractivity contribution in [2.75, 3.05) is 20.2 Å². The van der Waals surface area contributed by atoms with E-state index in [9.17, 15) is 23.5 Å². The van der Waals surface area contributed by atoms with Crippen LogP contribution in [0.5, 0.6) is 0 Å². The number of halogens is 2. The molecule has 4 rings (SSSR count). The van der Waals surface area contributed by atoms with E-state index < -0.39 is 29.8 Å². The number of esters is 1. The van der Waals surface area contributed by atoms with Crippen LogP contribution in [0.2, 0.25) is 0 Å². The fourth-order valence-electron chi connectivity index (χ4n) is 5.25. The van der Waals surface area contributed by atoms with Crippen LogP contribution in [0.3, 0.4) is 0 Å². The van der Waals surface area contributed by atoms with Gasteiger partial charge in [-0.3, -0.25) is 9.69 Å². The number of nitrogens with zero attached hydrogens (tertiary/aromatic N) is 1. The van der Waals surface area contributed by atoms with E-state index in [0.29, 0.717) is 30.5 Å². The van der Waals surface area contributed by atoms with Gasteiger partial charge in [0.15, 0.2) is 5.60 Å². The van der Waals surface area contributed by atoms with Gasteiger partial charge in [-0.05, 0) is 42.5 Å². The van der Waals surface area contributed by atoms with Crippen molar-refractivity contribution in [2.45, 2.75) is 56.2 Å². The van der Waals surface area contributed by atoms with Crippen LogP contribution in [-0.4, -0.2) is 54.0 Å². The first-order chi connectivity index (χ1) is 16.7. The lowest BCUT2D eigenvalue weighted by molar-refractivity contribution is -0.149. The molecule has 2 fully saturated rings. The zero-order chi connectivity index (χ0) is 25.1. The number of amides is 1. The van der Waals surface area contributed by atoms with Crippen LogP contribution in [0.1, 0.15) is 53.6 Å². The monoisotopic (exact) mass is 486 g/mol. The van der Waals surface area contributed by atoms with Gasteiger partial charge in [-0.2, -0.15) is 0 Å². The lowest BCUT2D eigenvalue weighted by Crippen LogP contribution is -2.54. The molecule has 2 aliphatic rings. The number of carbonyl (C=O) groups is 2. The summed E-state index contributed by atoms with van der Waals surface area (Å²) in [5.74, 6) is -4.69. The fraction of sp³-hybridized carbons (Fsp3) is 0.481. The molecule has 2 atom stereocenters. The van der Waals surface area contributed by atoms with Crippen molar-refractivity contribution in [2.24, 2.45) is 5.92 Å². The second-order valence-electron chi connectivity index (χ2n) is 9.64. The SMILES string of the molecule is COC(=O)c1cccc(CN2CCC(NC(=O)[C@](O)(c3ccccc3)[C@@H]3CCC(F)(F)C3)CC2)c1. The number of alkyl halides is 2. The van der Waals surface area contributed by atoms with Gasteiger partial charge in [0, 0.05) is 44.4 Å². The maximum Gasteiger partial charge on any atom is 0.337 e. The Hall–Kier alpha value is -2.84. The van der Waals surface area contributed by atoms with Gasteiger partial charge in [-0.1, -0.05) is 42.5 Å². The third-order valence-electron chi connectivity index (χ3n) is 7.23. The molecule has 0 spiro atoms. The minimum absolute atomic E-state index is 0.0922. The molecule has 1 aliphatic carbocycles. The number of hydrogen-bond donors (Lipinski definition) is 2. The van der Waals surface area contributed by atoms with Crippen molar-refractivity contribution in [1.82, 2.24) is 10.2 Å². The fourth-order valence-corrected chi connectivity index (χ4v) is 5.25. The maximum absolute atomic E-state index is 14.0. The van der Waals surface area contributed by atoms with Crippen molar-refractivity contribution in [1.29, 1.82) is 0 Å². The third-order valence-corrected chi connectivity index (χ3v) is 7.23. The topological polar surface area (TPSA) is 78.9 Å². The molecule has 1 aliphatic heterocycles. The van der Waals surface area contributed by atoms with Gasteiger partial charge >= 0.3 is 5.97 Å². The van der Waals surface area contributed by atoms with E-state index in [0.717, 1.165) is 18.7 Å². The summed E-state index contributed by atoms with van der Waals surface area (Å²) in [5.41, 5.74) is -0.143. The summed E-state index contributed by atoms with van der Waals surface area (Å²) in [7, 11) is 1.35. The molecule has 1 amide bonds. The van der Waals surface area contributed by atoms with E-state index in [-0.39, 0.29) is 24.9 Å². The Bertz CT molecular complexity index is 1040.